The number of aromatic amines is 2. The van der Waals surface area contributed by atoms with Gasteiger partial charge >= 0.3 is 0 Å². The third-order valence-electron chi connectivity index (χ3n) is 6.16. The second-order valence-corrected chi connectivity index (χ2v) is 9.85. The van der Waals surface area contributed by atoms with Gasteiger partial charge in [0.25, 0.3) is 0 Å². The molecule has 0 spiro atoms. The van der Waals surface area contributed by atoms with E-state index in [0.29, 0.717) is 0 Å². The van der Waals surface area contributed by atoms with Crippen molar-refractivity contribution in [2.75, 3.05) is 0 Å². The van der Waals surface area contributed by atoms with Gasteiger partial charge in [-0.15, -0.1) is 0 Å². The first kappa shape index (κ1) is 20.4. The van der Waals surface area contributed by atoms with Crippen molar-refractivity contribution >= 4 is 46.4 Å². The van der Waals surface area contributed by atoms with Crippen molar-refractivity contribution in [3.63, 3.8) is 0 Å². The Morgan fingerprint density at radius 3 is 1.82 bits per heavy atom. The number of H-pyrrole nitrogens is 2. The first-order valence-corrected chi connectivity index (χ1v) is 11.6. The molecule has 2 aliphatic heterocycles. The van der Waals surface area contributed by atoms with E-state index in [9.17, 15) is 0 Å². The van der Waals surface area contributed by atoms with Crippen LogP contribution < -0.4 is 0 Å². The molecule has 0 saturated heterocycles. The van der Waals surface area contributed by atoms with Gasteiger partial charge in [-0.05, 0) is 77.2 Å². The molecule has 3 aromatic heterocycles. The lowest BCUT2D eigenvalue weighted by Gasteiger charge is -2.20. The zero-order valence-corrected chi connectivity index (χ0v) is 19.6. The lowest BCUT2D eigenvalue weighted by Crippen LogP contribution is -2.11. The molecule has 2 aliphatic rings. The Bertz CT molecular complexity index is 1620. The van der Waals surface area contributed by atoms with Crippen LogP contribution in [0.15, 0.2) is 66.7 Å². The molecule has 4 nitrogen and oxygen atoms in total. The summed E-state index contributed by atoms with van der Waals surface area (Å²) in [5.74, 6) is 0. The molecule has 0 unspecified atom stereocenters. The lowest BCUT2D eigenvalue weighted by atomic mass is 9.82. The molecule has 0 fully saturated rings. The van der Waals surface area contributed by atoms with Crippen molar-refractivity contribution in [2.24, 2.45) is 0 Å². The zero-order chi connectivity index (χ0) is 23.3. The van der Waals surface area contributed by atoms with Gasteiger partial charge in [0.05, 0.1) is 22.8 Å². The fraction of sp³-hybridized carbons (Fsp3) is 0.133. The molecule has 4 heteroatoms. The number of hydrogen-bond donors (Lipinski definition) is 2. The van der Waals surface area contributed by atoms with Crippen molar-refractivity contribution in [1.29, 1.82) is 0 Å². The number of hydrogen-bond acceptors (Lipinski definition) is 2. The van der Waals surface area contributed by atoms with Crippen LogP contribution in [0.4, 0.5) is 0 Å². The van der Waals surface area contributed by atoms with E-state index in [0.717, 1.165) is 44.8 Å². The maximum Gasteiger partial charge on any atom is 0.0659 e. The average molecular weight is 443 g/mol. The smallest absolute Gasteiger partial charge is 0.0659 e. The van der Waals surface area contributed by atoms with Gasteiger partial charge in [-0.2, -0.15) is 0 Å². The summed E-state index contributed by atoms with van der Waals surface area (Å²) in [5.41, 5.74) is 11.5. The van der Waals surface area contributed by atoms with Crippen LogP contribution >= 0.6 is 0 Å². The van der Waals surface area contributed by atoms with Crippen LogP contribution in [-0.4, -0.2) is 19.9 Å². The first-order chi connectivity index (χ1) is 16.4. The van der Waals surface area contributed by atoms with Gasteiger partial charge < -0.3 is 9.97 Å². The summed E-state index contributed by atoms with van der Waals surface area (Å²) in [6.45, 7) is 6.81. The molecular weight excluding hydrogens is 416 g/mol. The summed E-state index contributed by atoms with van der Waals surface area (Å²) < 4.78 is 0. The highest BCUT2D eigenvalue weighted by Crippen LogP contribution is 2.39. The summed E-state index contributed by atoms with van der Waals surface area (Å²) >= 11 is 0. The summed E-state index contributed by atoms with van der Waals surface area (Å²) in [6.07, 6.45) is 8.16. The summed E-state index contributed by atoms with van der Waals surface area (Å²) in [6, 6.07) is 23.3. The molecule has 0 saturated carbocycles. The maximum atomic E-state index is 4.85. The SMILES string of the molecule is CC(C)(C)c1c(-c2ccccc2)c2cc3nc(cc4nc(cc5ccc(cc1[nH]2)[nH]5)C=C4)C=C3. The Labute approximate surface area is 198 Å². The molecule has 2 N–H and O–H groups in total. The van der Waals surface area contributed by atoms with Gasteiger partial charge in [-0.25, -0.2) is 9.97 Å². The van der Waals surface area contributed by atoms with Crippen LogP contribution in [0.5, 0.6) is 0 Å². The molecule has 4 aromatic rings. The summed E-state index contributed by atoms with van der Waals surface area (Å²) in [4.78, 5) is 16.8. The van der Waals surface area contributed by atoms with Crippen molar-refractivity contribution < 1.29 is 0 Å². The number of benzene rings is 1. The van der Waals surface area contributed by atoms with Crippen LogP contribution in [0.25, 0.3) is 57.5 Å². The number of nitrogens with one attached hydrogen (secondary N) is 2. The number of fused-ring (bicyclic) bond motifs is 8. The van der Waals surface area contributed by atoms with E-state index in [1.54, 1.807) is 0 Å². The normalized spacial score (nSPS) is 12.9. The van der Waals surface area contributed by atoms with Gasteiger partial charge in [0.1, 0.15) is 0 Å². The monoisotopic (exact) mass is 442 g/mol. The van der Waals surface area contributed by atoms with Gasteiger partial charge in [0.15, 0.2) is 0 Å². The predicted molar refractivity (Wildman–Crippen MR) is 143 cm³/mol. The van der Waals surface area contributed by atoms with Crippen molar-refractivity contribution in [1.82, 2.24) is 19.9 Å². The van der Waals surface area contributed by atoms with Gasteiger partial charge in [0.2, 0.25) is 0 Å². The minimum atomic E-state index is -0.0717. The van der Waals surface area contributed by atoms with Crippen molar-refractivity contribution in [3.8, 4) is 11.1 Å². The molecule has 8 bridgehead atoms. The molecule has 5 heterocycles. The highest BCUT2D eigenvalue weighted by Gasteiger charge is 2.24. The van der Waals surface area contributed by atoms with E-state index in [2.05, 4.69) is 97.5 Å². The molecule has 166 valence electrons. The number of rotatable bonds is 1. The Morgan fingerprint density at radius 2 is 1.18 bits per heavy atom. The molecule has 0 amide bonds. The molecule has 6 rings (SSSR count). The van der Waals surface area contributed by atoms with Crippen LogP contribution in [0, 0.1) is 0 Å². The zero-order valence-electron chi connectivity index (χ0n) is 19.6. The first-order valence-electron chi connectivity index (χ1n) is 11.6. The molecule has 0 atom stereocenters. The fourth-order valence-corrected chi connectivity index (χ4v) is 4.76. The van der Waals surface area contributed by atoms with Crippen LogP contribution in [0.2, 0.25) is 0 Å². The topological polar surface area (TPSA) is 57.4 Å². The van der Waals surface area contributed by atoms with E-state index in [4.69, 9.17) is 9.97 Å². The van der Waals surface area contributed by atoms with Crippen LogP contribution in [0.1, 0.15) is 49.1 Å². The molecule has 0 radical (unpaired) electrons. The van der Waals surface area contributed by atoms with Crippen LogP contribution in [-0.2, 0) is 5.41 Å². The van der Waals surface area contributed by atoms with E-state index in [1.807, 2.05) is 24.3 Å². The molecule has 1 aromatic carbocycles. The average Bonchev–Trinajstić information content (AvgIpc) is 3.58. The van der Waals surface area contributed by atoms with E-state index in [1.165, 1.54) is 16.7 Å². The Hall–Kier alpha value is -4.18. The maximum absolute atomic E-state index is 4.85. The second kappa shape index (κ2) is 7.70. The predicted octanol–water partition coefficient (Wildman–Crippen LogP) is 7.62. The quantitative estimate of drug-likeness (QED) is 0.275. The molecule has 34 heavy (non-hydrogen) atoms. The largest absolute Gasteiger partial charge is 0.355 e. The lowest BCUT2D eigenvalue weighted by molar-refractivity contribution is 0.598. The van der Waals surface area contributed by atoms with E-state index >= 15 is 0 Å². The number of nitrogens with zero attached hydrogens (tertiary/aromatic N) is 2. The van der Waals surface area contributed by atoms with E-state index in [-0.39, 0.29) is 5.41 Å². The Morgan fingerprint density at radius 1 is 0.588 bits per heavy atom. The highest BCUT2D eigenvalue weighted by molar-refractivity contribution is 5.93. The minimum Gasteiger partial charge on any atom is -0.355 e. The van der Waals surface area contributed by atoms with Crippen LogP contribution in [0.3, 0.4) is 0 Å². The van der Waals surface area contributed by atoms with E-state index < -0.39 is 0 Å². The standard InChI is InChI=1S/C30H26N4/c1-30(2,3)29-27-18-25-14-12-23(33-25)16-21-10-9-20(31-21)15-22-11-13-24(32-22)17-26(34-27)28(29)19-7-5-4-6-8-19/h4-18,33-34H,1-3H3. The second-order valence-electron chi connectivity index (χ2n) is 9.85. The summed E-state index contributed by atoms with van der Waals surface area (Å²) in [5, 5.41) is 0. The summed E-state index contributed by atoms with van der Waals surface area (Å²) in [7, 11) is 0. The molecule has 0 aliphatic carbocycles. The Kier molecular flexibility index (Phi) is 4.63. The van der Waals surface area contributed by atoms with Crippen molar-refractivity contribution in [3.05, 3.63) is 95.1 Å². The highest BCUT2D eigenvalue weighted by atomic mass is 14.8. The molecular formula is C30H26N4. The third kappa shape index (κ3) is 3.77. The Balaban J connectivity index is 1.77. The number of aromatic nitrogens is 4. The van der Waals surface area contributed by atoms with Gasteiger partial charge in [-0.1, -0.05) is 51.1 Å². The van der Waals surface area contributed by atoms with Gasteiger partial charge in [0, 0.05) is 27.6 Å². The fourth-order valence-electron chi connectivity index (χ4n) is 4.76. The van der Waals surface area contributed by atoms with Crippen molar-refractivity contribution in [2.45, 2.75) is 26.2 Å². The van der Waals surface area contributed by atoms with Gasteiger partial charge in [-0.3, -0.25) is 0 Å². The minimum absolute atomic E-state index is 0.0717. The third-order valence-corrected chi connectivity index (χ3v) is 6.16.